The van der Waals surface area contributed by atoms with Gasteiger partial charge in [0.25, 0.3) is 0 Å². The summed E-state index contributed by atoms with van der Waals surface area (Å²) in [5.41, 5.74) is 4.00. The van der Waals surface area contributed by atoms with Crippen molar-refractivity contribution in [2.75, 3.05) is 26.1 Å². The summed E-state index contributed by atoms with van der Waals surface area (Å²) >= 11 is 0. The minimum absolute atomic E-state index is 0.0151. The molecule has 2 N–H and O–H groups in total. The third kappa shape index (κ3) is 3.96. The van der Waals surface area contributed by atoms with Crippen LogP contribution in [0.4, 0.5) is 5.69 Å². The number of benzene rings is 2. The van der Waals surface area contributed by atoms with Gasteiger partial charge in [0.05, 0.1) is 19.9 Å². The smallest absolute Gasteiger partial charge is 0.224 e. The third-order valence-electron chi connectivity index (χ3n) is 5.48. The van der Waals surface area contributed by atoms with Crippen molar-refractivity contribution < 1.29 is 19.1 Å². The fourth-order valence-electron chi connectivity index (χ4n) is 3.88. The monoisotopic (exact) mass is 407 g/mol. The van der Waals surface area contributed by atoms with Crippen molar-refractivity contribution in [3.05, 3.63) is 53.7 Å². The number of methoxy groups -OCH3 is 2. The Hall–Kier alpha value is -3.48. The normalized spacial score (nSPS) is 13.1. The molecule has 1 aliphatic rings. The molecule has 3 aromatic rings. The Bertz CT molecular complexity index is 1090. The van der Waals surface area contributed by atoms with Crippen LogP contribution in [0.3, 0.4) is 0 Å². The Morgan fingerprint density at radius 1 is 1.10 bits per heavy atom. The summed E-state index contributed by atoms with van der Waals surface area (Å²) < 4.78 is 10.5. The van der Waals surface area contributed by atoms with E-state index < -0.39 is 0 Å². The van der Waals surface area contributed by atoms with Gasteiger partial charge in [-0.15, -0.1) is 0 Å². The second kappa shape index (κ2) is 8.49. The van der Waals surface area contributed by atoms with Crippen LogP contribution in [-0.4, -0.2) is 42.5 Å². The van der Waals surface area contributed by atoms with E-state index in [2.05, 4.69) is 22.4 Å². The number of H-pyrrole nitrogens is 1. The van der Waals surface area contributed by atoms with E-state index in [0.717, 1.165) is 17.3 Å². The summed E-state index contributed by atoms with van der Waals surface area (Å²) in [4.78, 5) is 30.4. The summed E-state index contributed by atoms with van der Waals surface area (Å²) in [6.45, 7) is 1.23. The predicted molar refractivity (Wildman–Crippen MR) is 115 cm³/mol. The van der Waals surface area contributed by atoms with Gasteiger partial charge < -0.3 is 24.7 Å². The molecule has 0 radical (unpaired) electrons. The molecule has 0 atom stereocenters. The van der Waals surface area contributed by atoms with Crippen LogP contribution < -0.4 is 14.8 Å². The highest BCUT2D eigenvalue weighted by atomic mass is 16.5. The first-order valence-electron chi connectivity index (χ1n) is 9.97. The van der Waals surface area contributed by atoms with Gasteiger partial charge in [-0.25, -0.2) is 0 Å². The zero-order valence-electron chi connectivity index (χ0n) is 17.2. The van der Waals surface area contributed by atoms with Crippen molar-refractivity contribution in [2.24, 2.45) is 0 Å². The highest BCUT2D eigenvalue weighted by Gasteiger charge is 2.24. The predicted octanol–water partition coefficient (Wildman–Crippen LogP) is 3.49. The molecule has 30 heavy (non-hydrogen) atoms. The lowest BCUT2D eigenvalue weighted by molar-refractivity contribution is -0.133. The Labute approximate surface area is 175 Å². The zero-order valence-corrected chi connectivity index (χ0v) is 17.2. The van der Waals surface area contributed by atoms with Crippen LogP contribution in [0.1, 0.15) is 24.1 Å². The molecule has 2 aromatic carbocycles. The minimum Gasteiger partial charge on any atom is -0.497 e. The quantitative estimate of drug-likeness (QED) is 0.655. The van der Waals surface area contributed by atoms with Crippen LogP contribution in [0.2, 0.25) is 0 Å². The second-order valence-electron chi connectivity index (χ2n) is 7.31. The maximum Gasteiger partial charge on any atom is 0.224 e. The number of hydrogen-bond acceptors (Lipinski definition) is 4. The van der Waals surface area contributed by atoms with Crippen molar-refractivity contribution in [2.45, 2.75) is 25.8 Å². The highest BCUT2D eigenvalue weighted by Crippen LogP contribution is 2.30. The molecule has 156 valence electrons. The van der Waals surface area contributed by atoms with Gasteiger partial charge in [0.15, 0.2) is 0 Å². The van der Waals surface area contributed by atoms with Crippen molar-refractivity contribution in [1.82, 2.24) is 9.88 Å². The summed E-state index contributed by atoms with van der Waals surface area (Å²) in [6.07, 6.45) is 1.06. The van der Waals surface area contributed by atoms with Gasteiger partial charge in [-0.05, 0) is 18.2 Å². The van der Waals surface area contributed by atoms with Crippen molar-refractivity contribution in [3.8, 4) is 11.5 Å². The Morgan fingerprint density at radius 3 is 2.73 bits per heavy atom. The first-order chi connectivity index (χ1) is 14.6. The average molecular weight is 407 g/mol. The van der Waals surface area contributed by atoms with E-state index in [0.29, 0.717) is 30.3 Å². The number of ether oxygens (including phenoxy) is 2. The number of anilines is 1. The van der Waals surface area contributed by atoms with Crippen LogP contribution in [-0.2, 0) is 22.6 Å². The number of aromatic nitrogens is 1. The summed E-state index contributed by atoms with van der Waals surface area (Å²) in [5.74, 6) is 0.904. The van der Waals surface area contributed by atoms with Gasteiger partial charge in [-0.3, -0.25) is 9.59 Å². The number of carbonyl (C=O) groups is 2. The summed E-state index contributed by atoms with van der Waals surface area (Å²) in [7, 11) is 3.10. The first-order valence-corrected chi connectivity index (χ1v) is 9.97. The molecule has 4 rings (SSSR count). The largest absolute Gasteiger partial charge is 0.497 e. The summed E-state index contributed by atoms with van der Waals surface area (Å²) in [5, 5.41) is 3.97. The molecule has 0 spiro atoms. The Morgan fingerprint density at radius 2 is 1.93 bits per heavy atom. The maximum absolute atomic E-state index is 12.7. The molecular weight excluding hydrogens is 382 g/mol. The molecule has 0 aliphatic carbocycles. The SMILES string of the molecule is COc1ccc(OC)c(NC(=O)CCC(=O)N2CCc3[nH]c4ccccc4c3C2)c1. The standard InChI is InChI=1S/C23H25N3O4/c1-29-15-7-8-21(30-2)20(13-15)25-22(27)9-10-23(28)26-12-11-19-17(14-26)16-5-3-4-6-18(16)24-19/h3-8,13,24H,9-12,14H2,1-2H3,(H,25,27). The van der Waals surface area contributed by atoms with Gasteiger partial charge in [-0.2, -0.15) is 0 Å². The molecule has 0 unspecified atom stereocenters. The molecule has 2 heterocycles. The van der Waals surface area contributed by atoms with Gasteiger partial charge in [0.1, 0.15) is 11.5 Å². The molecule has 0 fully saturated rings. The number of para-hydroxylation sites is 1. The number of amides is 2. The van der Waals surface area contributed by atoms with E-state index >= 15 is 0 Å². The molecular formula is C23H25N3O4. The van der Waals surface area contributed by atoms with Crippen LogP contribution >= 0.6 is 0 Å². The minimum atomic E-state index is -0.236. The molecule has 1 aliphatic heterocycles. The number of hydrogen-bond donors (Lipinski definition) is 2. The fraction of sp³-hybridized carbons (Fsp3) is 0.304. The van der Waals surface area contributed by atoms with Gasteiger partial charge in [-0.1, -0.05) is 18.2 Å². The number of carbonyl (C=O) groups excluding carboxylic acids is 2. The molecule has 0 saturated carbocycles. The topological polar surface area (TPSA) is 83.7 Å². The van der Waals surface area contributed by atoms with E-state index in [9.17, 15) is 9.59 Å². The lowest BCUT2D eigenvalue weighted by Crippen LogP contribution is -2.36. The van der Waals surface area contributed by atoms with E-state index in [1.807, 2.05) is 17.0 Å². The second-order valence-corrected chi connectivity index (χ2v) is 7.31. The number of nitrogens with one attached hydrogen (secondary N) is 2. The van der Waals surface area contributed by atoms with Crippen LogP contribution in [0.15, 0.2) is 42.5 Å². The lowest BCUT2D eigenvalue weighted by Gasteiger charge is -2.27. The number of fused-ring (bicyclic) bond motifs is 3. The molecule has 7 heteroatoms. The van der Waals surface area contributed by atoms with Crippen molar-refractivity contribution in [3.63, 3.8) is 0 Å². The Kier molecular flexibility index (Phi) is 5.61. The molecule has 7 nitrogen and oxygen atoms in total. The van der Waals surface area contributed by atoms with Crippen molar-refractivity contribution in [1.29, 1.82) is 0 Å². The van der Waals surface area contributed by atoms with Crippen molar-refractivity contribution >= 4 is 28.4 Å². The highest BCUT2D eigenvalue weighted by molar-refractivity contribution is 5.95. The summed E-state index contributed by atoms with van der Waals surface area (Å²) in [6, 6.07) is 13.3. The molecule has 2 amide bonds. The number of nitrogens with zero attached hydrogens (tertiary/aromatic N) is 1. The zero-order chi connectivity index (χ0) is 21.1. The maximum atomic E-state index is 12.7. The van der Waals surface area contributed by atoms with E-state index in [4.69, 9.17) is 9.47 Å². The van der Waals surface area contributed by atoms with Crippen LogP contribution in [0.25, 0.3) is 10.9 Å². The van der Waals surface area contributed by atoms with E-state index in [1.165, 1.54) is 18.4 Å². The van der Waals surface area contributed by atoms with E-state index in [-0.39, 0.29) is 24.7 Å². The van der Waals surface area contributed by atoms with Gasteiger partial charge in [0, 0.05) is 60.6 Å². The average Bonchev–Trinajstić information content (AvgIpc) is 3.15. The first kappa shape index (κ1) is 19.8. The molecule has 0 saturated heterocycles. The Balaban J connectivity index is 1.37. The molecule has 0 bridgehead atoms. The van der Waals surface area contributed by atoms with Gasteiger partial charge >= 0.3 is 0 Å². The van der Waals surface area contributed by atoms with Crippen LogP contribution in [0, 0.1) is 0 Å². The third-order valence-corrected chi connectivity index (χ3v) is 5.48. The van der Waals surface area contributed by atoms with E-state index in [1.54, 1.807) is 25.3 Å². The number of aromatic amines is 1. The number of rotatable bonds is 6. The molecule has 1 aromatic heterocycles. The van der Waals surface area contributed by atoms with Gasteiger partial charge in [0.2, 0.25) is 11.8 Å². The van der Waals surface area contributed by atoms with Crippen LogP contribution in [0.5, 0.6) is 11.5 Å². The lowest BCUT2D eigenvalue weighted by atomic mass is 10.0. The fourth-order valence-corrected chi connectivity index (χ4v) is 3.88.